The number of likely N-dealkylation sites (N-methyl/N-ethyl adjacent to an activating group) is 1. The highest BCUT2D eigenvalue weighted by Crippen LogP contribution is 2.32. The van der Waals surface area contributed by atoms with Crippen LogP contribution in [0.3, 0.4) is 0 Å². The number of piperazine rings is 1. The first-order valence-corrected chi connectivity index (χ1v) is 7.87. The molecule has 3 rings (SSSR count). The van der Waals surface area contributed by atoms with E-state index in [0.717, 1.165) is 50.6 Å². The molecule has 6 heteroatoms. The molecule has 1 fully saturated rings. The zero-order chi connectivity index (χ0) is 15.5. The van der Waals surface area contributed by atoms with E-state index in [1.807, 2.05) is 23.1 Å². The van der Waals surface area contributed by atoms with Gasteiger partial charge in [-0.05, 0) is 31.7 Å². The van der Waals surface area contributed by atoms with Crippen molar-refractivity contribution in [2.45, 2.75) is 6.42 Å². The van der Waals surface area contributed by atoms with Gasteiger partial charge >= 0.3 is 0 Å². The third-order valence-electron chi connectivity index (χ3n) is 4.34. The van der Waals surface area contributed by atoms with Crippen molar-refractivity contribution in [1.29, 1.82) is 0 Å². The van der Waals surface area contributed by atoms with Gasteiger partial charge in [-0.3, -0.25) is 4.79 Å². The van der Waals surface area contributed by atoms with E-state index in [9.17, 15) is 4.79 Å². The van der Waals surface area contributed by atoms with E-state index in [1.54, 1.807) is 0 Å². The summed E-state index contributed by atoms with van der Waals surface area (Å²) in [5, 5.41) is 0. The van der Waals surface area contributed by atoms with Crippen molar-refractivity contribution in [3.05, 3.63) is 18.2 Å². The predicted octanol–water partition coefficient (Wildman–Crippen LogP) is 0.632. The van der Waals surface area contributed by atoms with Gasteiger partial charge in [-0.1, -0.05) is 0 Å². The normalized spacial score (nSPS) is 19.3. The Morgan fingerprint density at radius 3 is 2.77 bits per heavy atom. The summed E-state index contributed by atoms with van der Waals surface area (Å²) in [6.45, 7) is 5.39. The molecule has 1 aromatic carbocycles. The maximum absolute atomic E-state index is 12.6. The molecule has 1 saturated heterocycles. The molecule has 0 spiro atoms. The molecule has 2 heterocycles. The molecular weight excluding hydrogens is 280 g/mol. The van der Waals surface area contributed by atoms with E-state index in [0.29, 0.717) is 18.8 Å². The Morgan fingerprint density at radius 2 is 2.00 bits per heavy atom. The van der Waals surface area contributed by atoms with Crippen LogP contribution in [0, 0.1) is 0 Å². The number of carbonyl (C=O) groups is 1. The van der Waals surface area contributed by atoms with E-state index in [1.165, 1.54) is 0 Å². The number of fused-ring (bicyclic) bond motifs is 1. The number of hydrogen-bond acceptors (Lipinski definition) is 5. The summed E-state index contributed by atoms with van der Waals surface area (Å²) in [4.78, 5) is 18.9. The fourth-order valence-corrected chi connectivity index (χ4v) is 2.94. The summed E-state index contributed by atoms with van der Waals surface area (Å²) in [5.41, 5.74) is 7.53. The fraction of sp³-hybridized carbons (Fsp3) is 0.562. The van der Waals surface area contributed by atoms with Crippen LogP contribution in [0.5, 0.6) is 5.75 Å². The summed E-state index contributed by atoms with van der Waals surface area (Å²) in [5.74, 6) is 1.00. The van der Waals surface area contributed by atoms with Crippen LogP contribution in [0.25, 0.3) is 0 Å². The molecule has 0 unspecified atom stereocenters. The summed E-state index contributed by atoms with van der Waals surface area (Å²) in [6, 6.07) is 5.63. The molecule has 2 aliphatic heterocycles. The highest BCUT2D eigenvalue weighted by atomic mass is 16.5. The number of rotatable bonds is 2. The van der Waals surface area contributed by atoms with Gasteiger partial charge in [0.25, 0.3) is 0 Å². The standard InChI is InChI=1S/C16H24N4O2/c1-18-6-8-19(9-7-18)16(21)12-20-5-2-10-22-15-4-3-13(17)11-14(15)20/h3-4,11H,2,5-10,12,17H2,1H3. The SMILES string of the molecule is CN1CCN(C(=O)CN2CCCOc3ccc(N)cc32)CC1. The van der Waals surface area contributed by atoms with Crippen molar-refractivity contribution >= 4 is 17.3 Å². The zero-order valence-electron chi connectivity index (χ0n) is 13.1. The molecule has 2 N–H and O–H groups in total. The number of hydrogen-bond donors (Lipinski definition) is 1. The van der Waals surface area contributed by atoms with Crippen molar-refractivity contribution in [3.63, 3.8) is 0 Å². The lowest BCUT2D eigenvalue weighted by atomic mass is 10.2. The van der Waals surface area contributed by atoms with Gasteiger partial charge < -0.3 is 25.2 Å². The van der Waals surface area contributed by atoms with Gasteiger partial charge in [0, 0.05) is 38.4 Å². The summed E-state index contributed by atoms with van der Waals surface area (Å²) in [6.07, 6.45) is 0.907. The van der Waals surface area contributed by atoms with Gasteiger partial charge in [0.1, 0.15) is 5.75 Å². The Morgan fingerprint density at radius 1 is 1.23 bits per heavy atom. The topological polar surface area (TPSA) is 62.0 Å². The second-order valence-corrected chi connectivity index (χ2v) is 6.03. The largest absolute Gasteiger partial charge is 0.491 e. The molecule has 1 amide bonds. The highest BCUT2D eigenvalue weighted by Gasteiger charge is 2.24. The number of amides is 1. The maximum atomic E-state index is 12.6. The van der Waals surface area contributed by atoms with Gasteiger partial charge in [0.05, 0.1) is 18.8 Å². The van der Waals surface area contributed by atoms with E-state index in [2.05, 4.69) is 16.8 Å². The Balaban J connectivity index is 1.72. The minimum Gasteiger partial charge on any atom is -0.491 e. The third-order valence-corrected chi connectivity index (χ3v) is 4.34. The maximum Gasteiger partial charge on any atom is 0.242 e. The van der Waals surface area contributed by atoms with Gasteiger partial charge in [0.15, 0.2) is 0 Å². The average molecular weight is 304 g/mol. The lowest BCUT2D eigenvalue weighted by Crippen LogP contribution is -2.50. The predicted molar refractivity (Wildman–Crippen MR) is 87.3 cm³/mol. The van der Waals surface area contributed by atoms with Gasteiger partial charge in [0.2, 0.25) is 5.91 Å². The molecule has 0 aromatic heterocycles. The van der Waals surface area contributed by atoms with Crippen molar-refractivity contribution in [3.8, 4) is 5.75 Å². The van der Waals surface area contributed by atoms with Crippen LogP contribution >= 0.6 is 0 Å². The first-order valence-electron chi connectivity index (χ1n) is 7.87. The molecule has 0 atom stereocenters. The molecule has 6 nitrogen and oxygen atoms in total. The van der Waals surface area contributed by atoms with E-state index < -0.39 is 0 Å². The van der Waals surface area contributed by atoms with E-state index >= 15 is 0 Å². The second kappa shape index (κ2) is 6.44. The van der Waals surface area contributed by atoms with Crippen LogP contribution in [0.1, 0.15) is 6.42 Å². The Labute approximate surface area is 131 Å². The third kappa shape index (κ3) is 3.27. The molecule has 0 aliphatic carbocycles. The quantitative estimate of drug-likeness (QED) is 0.812. The smallest absolute Gasteiger partial charge is 0.242 e. The lowest BCUT2D eigenvalue weighted by molar-refractivity contribution is -0.131. The van der Waals surface area contributed by atoms with Crippen molar-refractivity contribution < 1.29 is 9.53 Å². The van der Waals surface area contributed by atoms with Crippen LogP contribution in [0.4, 0.5) is 11.4 Å². The van der Waals surface area contributed by atoms with Gasteiger partial charge in [-0.15, -0.1) is 0 Å². The number of anilines is 2. The van der Waals surface area contributed by atoms with Gasteiger partial charge in [-0.2, -0.15) is 0 Å². The monoisotopic (exact) mass is 304 g/mol. The Kier molecular flexibility index (Phi) is 4.38. The molecule has 0 bridgehead atoms. The molecule has 2 aliphatic rings. The Bertz CT molecular complexity index is 541. The molecule has 120 valence electrons. The van der Waals surface area contributed by atoms with Crippen LogP contribution < -0.4 is 15.4 Å². The van der Waals surface area contributed by atoms with Crippen LogP contribution in [0.15, 0.2) is 18.2 Å². The first-order chi connectivity index (χ1) is 10.6. The number of nitrogens with two attached hydrogens (primary N) is 1. The minimum atomic E-state index is 0.184. The molecular formula is C16H24N4O2. The fourth-order valence-electron chi connectivity index (χ4n) is 2.94. The van der Waals surface area contributed by atoms with Crippen LogP contribution in [-0.2, 0) is 4.79 Å². The minimum absolute atomic E-state index is 0.184. The number of ether oxygens (including phenoxy) is 1. The number of nitrogens with zero attached hydrogens (tertiary/aromatic N) is 3. The molecule has 0 radical (unpaired) electrons. The van der Waals surface area contributed by atoms with Crippen molar-refractivity contribution in [2.75, 3.05) is 63.6 Å². The first kappa shape index (κ1) is 15.0. The molecule has 0 saturated carbocycles. The van der Waals surface area contributed by atoms with Crippen LogP contribution in [0.2, 0.25) is 0 Å². The van der Waals surface area contributed by atoms with Crippen molar-refractivity contribution in [1.82, 2.24) is 9.80 Å². The van der Waals surface area contributed by atoms with E-state index in [4.69, 9.17) is 10.5 Å². The number of benzene rings is 1. The van der Waals surface area contributed by atoms with E-state index in [-0.39, 0.29) is 5.91 Å². The highest BCUT2D eigenvalue weighted by molar-refractivity contribution is 5.83. The van der Waals surface area contributed by atoms with Gasteiger partial charge in [-0.25, -0.2) is 0 Å². The molecule has 1 aromatic rings. The Hall–Kier alpha value is -1.95. The van der Waals surface area contributed by atoms with Crippen LogP contribution in [-0.4, -0.2) is 68.6 Å². The molecule has 22 heavy (non-hydrogen) atoms. The average Bonchev–Trinajstić information content (AvgIpc) is 2.70. The summed E-state index contributed by atoms with van der Waals surface area (Å²) < 4.78 is 5.75. The number of nitrogen functional groups attached to an aromatic ring is 1. The second-order valence-electron chi connectivity index (χ2n) is 6.03. The summed E-state index contributed by atoms with van der Waals surface area (Å²) in [7, 11) is 2.09. The van der Waals surface area contributed by atoms with Crippen molar-refractivity contribution in [2.24, 2.45) is 0 Å². The summed E-state index contributed by atoms with van der Waals surface area (Å²) >= 11 is 0. The number of carbonyl (C=O) groups excluding carboxylic acids is 1. The zero-order valence-corrected chi connectivity index (χ0v) is 13.1. The lowest BCUT2D eigenvalue weighted by Gasteiger charge is -2.34.